The van der Waals surface area contributed by atoms with E-state index in [0.717, 1.165) is 10.0 Å². The summed E-state index contributed by atoms with van der Waals surface area (Å²) in [6, 6.07) is 8.71. The fourth-order valence-electron chi connectivity index (χ4n) is 2.16. The van der Waals surface area contributed by atoms with Gasteiger partial charge >= 0.3 is 0 Å². The van der Waals surface area contributed by atoms with E-state index < -0.39 is 0 Å². The zero-order valence-corrected chi connectivity index (χ0v) is 12.9. The maximum atomic E-state index is 12.3. The Morgan fingerprint density at radius 2 is 2.00 bits per heavy atom. The number of hydrogen-bond donors (Lipinski definition) is 2. The van der Waals surface area contributed by atoms with Crippen LogP contribution >= 0.6 is 15.9 Å². The van der Waals surface area contributed by atoms with E-state index >= 15 is 0 Å². The quantitative estimate of drug-likeness (QED) is 0.816. The summed E-state index contributed by atoms with van der Waals surface area (Å²) in [5.41, 5.74) is 8.44. The first-order valence-electron chi connectivity index (χ1n) is 6.31. The Labute approximate surface area is 130 Å². The second kappa shape index (κ2) is 5.29. The second-order valence-electron chi connectivity index (χ2n) is 4.71. The van der Waals surface area contributed by atoms with E-state index in [0.29, 0.717) is 28.4 Å². The number of halogens is 1. The third-order valence-electron chi connectivity index (χ3n) is 3.20. The molecule has 2 aromatic carbocycles. The Hall–Kier alpha value is -2.21. The van der Waals surface area contributed by atoms with Crippen LogP contribution in [-0.2, 0) is 0 Å². The molecule has 5 nitrogen and oxygen atoms in total. The summed E-state index contributed by atoms with van der Waals surface area (Å²) in [4.78, 5) is 12.3. The summed E-state index contributed by atoms with van der Waals surface area (Å²) < 4.78 is 11.4. The molecule has 108 valence electrons. The van der Waals surface area contributed by atoms with Gasteiger partial charge in [0.25, 0.3) is 5.91 Å². The minimum atomic E-state index is -0.245. The van der Waals surface area contributed by atoms with E-state index in [2.05, 4.69) is 21.2 Å². The molecule has 0 saturated carbocycles. The van der Waals surface area contributed by atoms with E-state index in [4.69, 9.17) is 15.2 Å². The molecule has 0 aliphatic carbocycles. The smallest absolute Gasteiger partial charge is 0.255 e. The molecule has 0 spiro atoms. The molecule has 0 unspecified atom stereocenters. The van der Waals surface area contributed by atoms with Crippen LogP contribution in [-0.4, -0.2) is 12.7 Å². The summed E-state index contributed by atoms with van der Waals surface area (Å²) in [6.45, 7) is 2.07. The number of fused-ring (bicyclic) bond motifs is 1. The number of rotatable bonds is 2. The zero-order chi connectivity index (χ0) is 15.0. The van der Waals surface area contributed by atoms with Gasteiger partial charge in [-0.1, -0.05) is 15.9 Å². The van der Waals surface area contributed by atoms with Gasteiger partial charge in [-0.25, -0.2) is 0 Å². The average molecular weight is 349 g/mol. The number of aryl methyl sites for hydroxylation is 1. The molecule has 0 bridgehead atoms. The fourth-order valence-corrected chi connectivity index (χ4v) is 2.75. The number of nitrogen functional groups attached to an aromatic ring is 1. The topological polar surface area (TPSA) is 73.6 Å². The van der Waals surface area contributed by atoms with Gasteiger partial charge < -0.3 is 20.5 Å². The number of benzene rings is 2. The Kier molecular flexibility index (Phi) is 3.47. The molecule has 1 aliphatic rings. The van der Waals surface area contributed by atoms with E-state index in [1.165, 1.54) is 0 Å². The number of amides is 1. The standard InChI is InChI=1S/C15H13BrN2O3/c1-8-4-10(16)6-11(17)14(8)18-15(19)9-2-3-12-13(5-9)21-7-20-12/h2-6H,7,17H2,1H3,(H,18,19). The Balaban J connectivity index is 1.87. The Morgan fingerprint density at radius 1 is 1.24 bits per heavy atom. The molecule has 0 saturated heterocycles. The Morgan fingerprint density at radius 3 is 2.76 bits per heavy atom. The van der Waals surface area contributed by atoms with Gasteiger partial charge in [-0.15, -0.1) is 0 Å². The van der Waals surface area contributed by atoms with Crippen LogP contribution in [0.3, 0.4) is 0 Å². The first-order valence-corrected chi connectivity index (χ1v) is 7.10. The minimum Gasteiger partial charge on any atom is -0.454 e. The monoisotopic (exact) mass is 348 g/mol. The molecule has 1 amide bonds. The number of carbonyl (C=O) groups excluding carboxylic acids is 1. The van der Waals surface area contributed by atoms with Crippen molar-refractivity contribution in [1.82, 2.24) is 0 Å². The van der Waals surface area contributed by atoms with Crippen LogP contribution in [0, 0.1) is 6.92 Å². The number of anilines is 2. The lowest BCUT2D eigenvalue weighted by molar-refractivity contribution is 0.102. The predicted octanol–water partition coefficient (Wildman–Crippen LogP) is 3.32. The van der Waals surface area contributed by atoms with Crippen molar-refractivity contribution in [3.05, 3.63) is 45.9 Å². The van der Waals surface area contributed by atoms with Crippen molar-refractivity contribution in [2.75, 3.05) is 17.8 Å². The summed E-state index contributed by atoms with van der Waals surface area (Å²) >= 11 is 3.37. The van der Waals surface area contributed by atoms with Crippen molar-refractivity contribution in [3.63, 3.8) is 0 Å². The lowest BCUT2D eigenvalue weighted by Crippen LogP contribution is -2.14. The molecule has 1 aliphatic heterocycles. The van der Waals surface area contributed by atoms with Crippen molar-refractivity contribution in [2.24, 2.45) is 0 Å². The van der Waals surface area contributed by atoms with Crippen LogP contribution in [0.15, 0.2) is 34.8 Å². The normalized spacial score (nSPS) is 12.3. The lowest BCUT2D eigenvalue weighted by Gasteiger charge is -2.12. The highest BCUT2D eigenvalue weighted by atomic mass is 79.9. The average Bonchev–Trinajstić information content (AvgIpc) is 2.89. The van der Waals surface area contributed by atoms with Gasteiger partial charge in [-0.3, -0.25) is 4.79 Å². The minimum absolute atomic E-state index is 0.180. The molecule has 21 heavy (non-hydrogen) atoms. The molecule has 3 rings (SSSR count). The molecule has 3 N–H and O–H groups in total. The second-order valence-corrected chi connectivity index (χ2v) is 5.62. The van der Waals surface area contributed by atoms with Crippen LogP contribution in [0.4, 0.5) is 11.4 Å². The van der Waals surface area contributed by atoms with E-state index in [9.17, 15) is 4.79 Å². The summed E-state index contributed by atoms with van der Waals surface area (Å²) in [5.74, 6) is 0.972. The third-order valence-corrected chi connectivity index (χ3v) is 3.66. The molecular formula is C15H13BrN2O3. The van der Waals surface area contributed by atoms with Crippen molar-refractivity contribution in [2.45, 2.75) is 6.92 Å². The highest BCUT2D eigenvalue weighted by Gasteiger charge is 2.17. The highest BCUT2D eigenvalue weighted by Crippen LogP contribution is 2.33. The van der Waals surface area contributed by atoms with Crippen LogP contribution in [0.1, 0.15) is 15.9 Å². The van der Waals surface area contributed by atoms with Gasteiger partial charge in [0.2, 0.25) is 6.79 Å². The molecule has 0 atom stereocenters. The van der Waals surface area contributed by atoms with E-state index in [1.807, 2.05) is 13.0 Å². The largest absolute Gasteiger partial charge is 0.454 e. The molecule has 1 heterocycles. The molecule has 0 radical (unpaired) electrons. The Bertz CT molecular complexity index is 708. The SMILES string of the molecule is Cc1cc(Br)cc(N)c1NC(=O)c1ccc2c(c1)OCO2. The summed E-state index contributed by atoms with van der Waals surface area (Å²) in [7, 11) is 0. The third kappa shape index (κ3) is 2.67. The number of ether oxygens (including phenoxy) is 2. The van der Waals surface area contributed by atoms with Gasteiger partial charge in [-0.2, -0.15) is 0 Å². The molecule has 0 aromatic heterocycles. The lowest BCUT2D eigenvalue weighted by atomic mass is 10.1. The van der Waals surface area contributed by atoms with Crippen LogP contribution in [0.25, 0.3) is 0 Å². The number of nitrogens with two attached hydrogens (primary N) is 1. The molecule has 2 aromatic rings. The van der Waals surface area contributed by atoms with Crippen LogP contribution < -0.4 is 20.5 Å². The maximum absolute atomic E-state index is 12.3. The number of carbonyl (C=O) groups is 1. The van der Waals surface area contributed by atoms with E-state index in [1.54, 1.807) is 24.3 Å². The maximum Gasteiger partial charge on any atom is 0.255 e. The van der Waals surface area contributed by atoms with Gasteiger partial charge in [0.05, 0.1) is 11.4 Å². The van der Waals surface area contributed by atoms with Gasteiger partial charge in [0.15, 0.2) is 11.5 Å². The van der Waals surface area contributed by atoms with Crippen LogP contribution in [0.5, 0.6) is 11.5 Å². The molecule has 0 fully saturated rings. The first-order chi connectivity index (χ1) is 10.0. The van der Waals surface area contributed by atoms with Gasteiger partial charge in [-0.05, 0) is 42.8 Å². The first kappa shape index (κ1) is 13.8. The predicted molar refractivity (Wildman–Crippen MR) is 83.8 cm³/mol. The zero-order valence-electron chi connectivity index (χ0n) is 11.3. The summed E-state index contributed by atoms with van der Waals surface area (Å²) in [6.07, 6.45) is 0. The van der Waals surface area contributed by atoms with E-state index in [-0.39, 0.29) is 12.7 Å². The van der Waals surface area contributed by atoms with Gasteiger partial charge in [0.1, 0.15) is 0 Å². The fraction of sp³-hybridized carbons (Fsp3) is 0.133. The molecular weight excluding hydrogens is 336 g/mol. The number of hydrogen-bond acceptors (Lipinski definition) is 4. The van der Waals surface area contributed by atoms with Gasteiger partial charge in [0, 0.05) is 10.0 Å². The molecule has 6 heteroatoms. The van der Waals surface area contributed by atoms with Crippen molar-refractivity contribution >= 4 is 33.2 Å². The van der Waals surface area contributed by atoms with Crippen molar-refractivity contribution in [1.29, 1.82) is 0 Å². The van der Waals surface area contributed by atoms with Crippen LogP contribution in [0.2, 0.25) is 0 Å². The van der Waals surface area contributed by atoms with Crippen molar-refractivity contribution < 1.29 is 14.3 Å². The summed E-state index contributed by atoms with van der Waals surface area (Å²) in [5, 5.41) is 2.83. The number of nitrogens with one attached hydrogen (secondary N) is 1. The van der Waals surface area contributed by atoms with Crippen molar-refractivity contribution in [3.8, 4) is 11.5 Å². The highest BCUT2D eigenvalue weighted by molar-refractivity contribution is 9.10.